The number of ketones is 1. The standard InChI is InChI=1S/C32H53NO4S/c1-8-30(6)19-26(37-27(35)20-38-24-13-11-12-23(18-24)33(9-2)10-3)31(7)21(4)14-16-32(22(5)29(30)36)17-15-25(34)28(31)32/h8,21-24,26,28-29,36H,1,9-20H2,2-7H3/t21-,22+,23?,24?,26-,28+,29+,30-,31+,32?/m1/s1. The molecule has 1 N–H and O–H groups in total. The average molecular weight is 548 g/mol. The smallest absolute Gasteiger partial charge is 0.316 e. The first-order valence-electron chi connectivity index (χ1n) is 15.4. The van der Waals surface area contributed by atoms with Gasteiger partial charge in [0, 0.05) is 34.5 Å². The lowest BCUT2D eigenvalue weighted by molar-refractivity contribution is -0.205. The SMILES string of the molecule is C=C[C@]1(C)C[C@@H](OC(=O)CSC2CCCC(N(CC)CC)C2)[C@]2(C)[C@H](C)CCC3(CCC(=O)[C@H]32)[C@@H](C)[C@@H]1O. The van der Waals surface area contributed by atoms with Crippen LogP contribution in [0.25, 0.3) is 0 Å². The van der Waals surface area contributed by atoms with Gasteiger partial charge in [-0.15, -0.1) is 18.3 Å². The van der Waals surface area contributed by atoms with E-state index in [9.17, 15) is 14.7 Å². The zero-order valence-corrected chi connectivity index (χ0v) is 25.7. The topological polar surface area (TPSA) is 66.8 Å². The number of esters is 1. The van der Waals surface area contributed by atoms with E-state index in [1.165, 1.54) is 12.8 Å². The van der Waals surface area contributed by atoms with Crippen LogP contribution in [0.3, 0.4) is 0 Å². The number of hydrogen-bond acceptors (Lipinski definition) is 6. The summed E-state index contributed by atoms with van der Waals surface area (Å²) in [5.74, 6) is 0.569. The van der Waals surface area contributed by atoms with Crippen molar-refractivity contribution in [3.63, 3.8) is 0 Å². The molecule has 0 spiro atoms. The molecule has 10 atom stereocenters. The van der Waals surface area contributed by atoms with Crippen LogP contribution in [0.4, 0.5) is 0 Å². The lowest BCUT2D eigenvalue weighted by atomic mass is 9.44. The van der Waals surface area contributed by atoms with Crippen LogP contribution in [-0.4, -0.2) is 64.1 Å². The normalized spacial score (nSPS) is 45.3. The molecule has 4 saturated carbocycles. The van der Waals surface area contributed by atoms with Crippen molar-refractivity contribution in [2.24, 2.45) is 34.0 Å². The molecule has 4 rings (SSSR count). The van der Waals surface area contributed by atoms with E-state index in [0.717, 1.165) is 45.2 Å². The van der Waals surface area contributed by atoms with Gasteiger partial charge in [-0.1, -0.05) is 54.0 Å². The first-order valence-corrected chi connectivity index (χ1v) is 16.4. The van der Waals surface area contributed by atoms with Gasteiger partial charge in [0.1, 0.15) is 11.9 Å². The summed E-state index contributed by atoms with van der Waals surface area (Å²) >= 11 is 1.76. The van der Waals surface area contributed by atoms with Crippen molar-refractivity contribution in [2.45, 2.75) is 123 Å². The molecule has 0 heterocycles. The zero-order chi connectivity index (χ0) is 27.9. The number of carbonyl (C=O) groups is 2. The second-order valence-corrected chi connectivity index (χ2v) is 14.8. The van der Waals surface area contributed by atoms with Crippen LogP contribution >= 0.6 is 11.8 Å². The maximum absolute atomic E-state index is 13.6. The van der Waals surface area contributed by atoms with E-state index in [4.69, 9.17) is 4.74 Å². The fourth-order valence-electron chi connectivity index (χ4n) is 9.22. The molecule has 0 aliphatic heterocycles. The molecule has 4 aliphatic rings. The summed E-state index contributed by atoms with van der Waals surface area (Å²) in [6.07, 6.45) is 9.45. The van der Waals surface area contributed by atoms with Gasteiger partial charge in [-0.2, -0.15) is 0 Å². The third-order valence-corrected chi connectivity index (χ3v) is 13.2. The molecule has 0 saturated heterocycles. The molecule has 0 aromatic heterocycles. The van der Waals surface area contributed by atoms with Gasteiger partial charge >= 0.3 is 5.97 Å². The Bertz CT molecular complexity index is 891. The van der Waals surface area contributed by atoms with Crippen LogP contribution in [-0.2, 0) is 14.3 Å². The van der Waals surface area contributed by atoms with Crippen LogP contribution in [0, 0.1) is 34.0 Å². The van der Waals surface area contributed by atoms with Gasteiger partial charge in [0.25, 0.3) is 0 Å². The van der Waals surface area contributed by atoms with Crippen LogP contribution in [0.1, 0.15) is 99.3 Å². The van der Waals surface area contributed by atoms with Gasteiger partial charge in [-0.05, 0) is 75.3 Å². The highest BCUT2D eigenvalue weighted by molar-refractivity contribution is 8.00. The van der Waals surface area contributed by atoms with Gasteiger partial charge in [0.2, 0.25) is 0 Å². The molecule has 0 amide bonds. The summed E-state index contributed by atoms with van der Waals surface area (Å²) in [4.78, 5) is 29.6. The van der Waals surface area contributed by atoms with E-state index in [1.807, 2.05) is 6.08 Å². The highest BCUT2D eigenvalue weighted by Crippen LogP contribution is 2.68. The Morgan fingerprint density at radius 3 is 2.55 bits per heavy atom. The molecule has 0 radical (unpaired) electrons. The Morgan fingerprint density at radius 1 is 1.18 bits per heavy atom. The summed E-state index contributed by atoms with van der Waals surface area (Å²) in [6, 6.07) is 0.609. The number of carbonyl (C=O) groups excluding carboxylic acids is 2. The fourth-order valence-corrected chi connectivity index (χ4v) is 10.4. The molecule has 5 nitrogen and oxygen atoms in total. The Kier molecular flexibility index (Phi) is 9.16. The number of nitrogens with zero attached hydrogens (tertiary/aromatic N) is 1. The summed E-state index contributed by atoms with van der Waals surface area (Å²) in [7, 11) is 0. The molecule has 0 aromatic rings. The summed E-state index contributed by atoms with van der Waals surface area (Å²) in [5, 5.41) is 12.2. The second-order valence-electron chi connectivity index (χ2n) is 13.5. The van der Waals surface area contributed by atoms with Gasteiger partial charge < -0.3 is 14.7 Å². The van der Waals surface area contributed by atoms with Crippen molar-refractivity contribution in [2.75, 3.05) is 18.8 Å². The van der Waals surface area contributed by atoms with E-state index in [0.29, 0.717) is 35.7 Å². The van der Waals surface area contributed by atoms with Gasteiger partial charge in [0.15, 0.2) is 0 Å². The van der Waals surface area contributed by atoms with Crippen molar-refractivity contribution in [3.05, 3.63) is 12.7 Å². The van der Waals surface area contributed by atoms with Crippen molar-refractivity contribution in [1.82, 2.24) is 4.90 Å². The predicted octanol–water partition coefficient (Wildman–Crippen LogP) is 6.28. The van der Waals surface area contributed by atoms with Crippen molar-refractivity contribution in [3.8, 4) is 0 Å². The third kappa shape index (κ3) is 5.04. The Morgan fingerprint density at radius 2 is 1.89 bits per heavy atom. The Hall–Kier alpha value is -0.850. The number of aliphatic hydroxyl groups is 1. The predicted molar refractivity (Wildman–Crippen MR) is 156 cm³/mol. The molecule has 4 aliphatic carbocycles. The Labute approximate surface area is 235 Å². The average Bonchev–Trinajstić information content (AvgIpc) is 3.27. The van der Waals surface area contributed by atoms with Crippen molar-refractivity contribution in [1.29, 1.82) is 0 Å². The minimum absolute atomic E-state index is 0.00830. The van der Waals surface area contributed by atoms with Crippen molar-refractivity contribution >= 4 is 23.5 Å². The van der Waals surface area contributed by atoms with Crippen molar-refractivity contribution < 1.29 is 19.4 Å². The number of ether oxygens (including phenoxy) is 1. The lowest BCUT2D eigenvalue weighted by Crippen LogP contribution is -2.63. The quantitative estimate of drug-likeness (QED) is 0.285. The van der Waals surface area contributed by atoms with Gasteiger partial charge in [-0.25, -0.2) is 0 Å². The highest BCUT2D eigenvalue weighted by atomic mass is 32.2. The molecule has 0 aromatic carbocycles. The first kappa shape index (κ1) is 30.1. The second kappa shape index (κ2) is 11.6. The molecule has 2 bridgehead atoms. The lowest BCUT2D eigenvalue weighted by Gasteiger charge is -2.61. The van der Waals surface area contributed by atoms with Gasteiger partial charge in [-0.3, -0.25) is 9.59 Å². The molecule has 216 valence electrons. The molecule has 4 fully saturated rings. The van der Waals surface area contributed by atoms with E-state index < -0.39 is 23.0 Å². The number of hydrogen-bond donors (Lipinski definition) is 1. The van der Waals surface area contributed by atoms with E-state index in [2.05, 4.69) is 53.0 Å². The maximum atomic E-state index is 13.6. The van der Waals surface area contributed by atoms with Crippen LogP contribution < -0.4 is 0 Å². The minimum atomic E-state index is -0.624. The Balaban J connectivity index is 1.55. The van der Waals surface area contributed by atoms with Crippen LogP contribution in [0.5, 0.6) is 0 Å². The molecular weight excluding hydrogens is 494 g/mol. The summed E-state index contributed by atoms with van der Waals surface area (Å²) in [6.45, 7) is 19.4. The van der Waals surface area contributed by atoms with Gasteiger partial charge in [0.05, 0.1) is 11.9 Å². The maximum Gasteiger partial charge on any atom is 0.316 e. The first-order chi connectivity index (χ1) is 18.0. The highest BCUT2D eigenvalue weighted by Gasteiger charge is 2.68. The number of thioether (sulfide) groups is 1. The van der Waals surface area contributed by atoms with Crippen LogP contribution in [0.2, 0.25) is 0 Å². The number of rotatable bonds is 8. The van der Waals surface area contributed by atoms with Crippen LogP contribution in [0.15, 0.2) is 12.7 Å². The minimum Gasteiger partial charge on any atom is -0.461 e. The monoisotopic (exact) mass is 547 g/mol. The van der Waals surface area contributed by atoms with E-state index >= 15 is 0 Å². The third-order valence-electron chi connectivity index (χ3n) is 11.9. The molecule has 6 heteroatoms. The molecular formula is C32H53NO4S. The van der Waals surface area contributed by atoms with E-state index in [1.54, 1.807) is 11.8 Å². The fraction of sp³-hybridized carbons (Fsp3) is 0.875. The molecule has 38 heavy (non-hydrogen) atoms. The molecule has 3 unspecified atom stereocenters. The van der Waals surface area contributed by atoms with E-state index in [-0.39, 0.29) is 29.1 Å². The zero-order valence-electron chi connectivity index (χ0n) is 24.8. The number of Topliss-reactive ketones (excluding diaryl/α,β-unsaturated/α-hetero) is 1. The summed E-state index contributed by atoms with van der Waals surface area (Å²) in [5.41, 5.74) is -1.26. The largest absolute Gasteiger partial charge is 0.461 e. The summed E-state index contributed by atoms with van der Waals surface area (Å²) < 4.78 is 6.45. The number of aliphatic hydroxyl groups excluding tert-OH is 1.